The third kappa shape index (κ3) is 8.62. The van der Waals surface area contributed by atoms with Crippen molar-refractivity contribution in [2.75, 3.05) is 43.4 Å². The molecule has 4 aromatic rings. The number of amides is 2. The molecule has 46 heavy (non-hydrogen) atoms. The van der Waals surface area contributed by atoms with Gasteiger partial charge in [-0.05, 0) is 65.4 Å². The van der Waals surface area contributed by atoms with Gasteiger partial charge in [0.2, 0.25) is 5.91 Å². The van der Waals surface area contributed by atoms with Crippen molar-refractivity contribution >= 4 is 23.2 Å². The van der Waals surface area contributed by atoms with E-state index in [-0.39, 0.29) is 22.9 Å². The highest BCUT2D eigenvalue weighted by atomic mass is 16.5. The van der Waals surface area contributed by atoms with E-state index in [1.54, 1.807) is 13.0 Å². The molecule has 1 aromatic heterocycles. The van der Waals surface area contributed by atoms with Gasteiger partial charge in [-0.2, -0.15) is 0 Å². The van der Waals surface area contributed by atoms with E-state index in [2.05, 4.69) is 84.5 Å². The number of piperazine rings is 1. The van der Waals surface area contributed by atoms with Crippen molar-refractivity contribution in [3.05, 3.63) is 101 Å². The highest BCUT2D eigenvalue weighted by molar-refractivity contribution is 6.05. The first-order valence-corrected chi connectivity index (χ1v) is 15.9. The summed E-state index contributed by atoms with van der Waals surface area (Å²) in [4.78, 5) is 33.3. The van der Waals surface area contributed by atoms with Crippen LogP contribution in [0.25, 0.3) is 11.1 Å². The van der Waals surface area contributed by atoms with Gasteiger partial charge in [-0.15, -0.1) is 0 Å². The SMILES string of the molecule is Cc1cc(C(=O)Nc2cc(-c3cccc(CN(Cc4cccc(CN)c4)C(=O)CC(C)(C)C)c3)ccc2N2CCN(C)CC2)no1. The fourth-order valence-electron chi connectivity index (χ4n) is 5.74. The van der Waals surface area contributed by atoms with Crippen molar-refractivity contribution in [2.24, 2.45) is 11.1 Å². The Morgan fingerprint density at radius 3 is 2.20 bits per heavy atom. The Hall–Kier alpha value is -4.47. The van der Waals surface area contributed by atoms with E-state index in [9.17, 15) is 9.59 Å². The number of carbonyl (C=O) groups excluding carboxylic acids is 2. The lowest BCUT2D eigenvalue weighted by molar-refractivity contribution is -0.134. The molecular weight excluding hydrogens is 576 g/mol. The number of carbonyl (C=O) groups is 2. The molecule has 0 atom stereocenters. The first kappa shape index (κ1) is 32.9. The van der Waals surface area contributed by atoms with E-state index in [0.717, 1.165) is 65.4 Å². The lowest BCUT2D eigenvalue weighted by Crippen LogP contribution is -2.44. The number of nitrogens with two attached hydrogens (primary N) is 1. The number of benzene rings is 3. The summed E-state index contributed by atoms with van der Waals surface area (Å²) in [5.41, 5.74) is 12.8. The zero-order valence-corrected chi connectivity index (χ0v) is 27.7. The molecule has 9 nitrogen and oxygen atoms in total. The Morgan fingerprint density at radius 2 is 1.54 bits per heavy atom. The molecule has 0 bridgehead atoms. The summed E-state index contributed by atoms with van der Waals surface area (Å²) in [6.07, 6.45) is 0.450. The molecule has 2 amide bonds. The number of anilines is 2. The second-order valence-corrected chi connectivity index (χ2v) is 13.5. The van der Waals surface area contributed by atoms with Crippen LogP contribution in [-0.2, 0) is 24.4 Å². The number of likely N-dealkylation sites (N-methyl/N-ethyl adjacent to an activating group) is 1. The summed E-state index contributed by atoms with van der Waals surface area (Å²) >= 11 is 0. The minimum Gasteiger partial charge on any atom is -0.367 e. The Labute approximate surface area is 272 Å². The van der Waals surface area contributed by atoms with Gasteiger partial charge >= 0.3 is 0 Å². The molecule has 1 aliphatic rings. The number of aromatic nitrogens is 1. The highest BCUT2D eigenvalue weighted by Gasteiger charge is 2.23. The zero-order valence-electron chi connectivity index (χ0n) is 27.7. The van der Waals surface area contributed by atoms with Gasteiger partial charge < -0.3 is 30.3 Å². The van der Waals surface area contributed by atoms with Crippen molar-refractivity contribution in [3.8, 4) is 11.1 Å². The summed E-state index contributed by atoms with van der Waals surface area (Å²) in [6.45, 7) is 13.1. The van der Waals surface area contributed by atoms with Gasteiger partial charge in [0, 0.05) is 58.3 Å². The van der Waals surface area contributed by atoms with Crippen LogP contribution in [-0.4, -0.2) is 60.0 Å². The van der Waals surface area contributed by atoms with Crippen molar-refractivity contribution in [1.29, 1.82) is 0 Å². The number of hydrogen-bond acceptors (Lipinski definition) is 7. The lowest BCUT2D eigenvalue weighted by atomic mass is 9.91. The number of nitrogens with one attached hydrogen (secondary N) is 1. The van der Waals surface area contributed by atoms with E-state index in [4.69, 9.17) is 10.3 Å². The molecule has 2 heterocycles. The average molecular weight is 623 g/mol. The standard InChI is InChI=1S/C37H46N6O3/c1-26-18-33(40-46-26)36(45)39-32-21-31(12-13-34(32)42-16-14-41(5)15-17-42)30-11-7-10-29(20-30)25-43(35(44)22-37(2,3)4)24-28-9-6-8-27(19-28)23-38/h6-13,18-21H,14-17,22-25,38H2,1-5H3,(H,39,45). The maximum absolute atomic E-state index is 13.6. The molecule has 0 saturated carbocycles. The monoisotopic (exact) mass is 622 g/mol. The molecule has 0 unspecified atom stereocenters. The second kappa shape index (κ2) is 14.3. The van der Waals surface area contributed by atoms with Crippen LogP contribution in [0.2, 0.25) is 0 Å². The quantitative estimate of drug-likeness (QED) is 0.221. The fraction of sp³-hybridized carbons (Fsp3) is 0.378. The number of aryl methyl sites for hydroxylation is 1. The van der Waals surface area contributed by atoms with E-state index in [1.165, 1.54) is 0 Å². The number of rotatable bonds is 10. The number of nitrogens with zero attached hydrogens (tertiary/aromatic N) is 4. The van der Waals surface area contributed by atoms with Gasteiger partial charge in [0.25, 0.3) is 5.91 Å². The predicted octanol–water partition coefficient (Wildman–Crippen LogP) is 6.08. The largest absolute Gasteiger partial charge is 0.367 e. The van der Waals surface area contributed by atoms with E-state index in [0.29, 0.717) is 31.8 Å². The van der Waals surface area contributed by atoms with Gasteiger partial charge in [-0.3, -0.25) is 9.59 Å². The average Bonchev–Trinajstić information content (AvgIpc) is 3.47. The van der Waals surface area contributed by atoms with Crippen LogP contribution in [0.4, 0.5) is 11.4 Å². The molecule has 3 N–H and O–H groups in total. The molecule has 1 saturated heterocycles. The summed E-state index contributed by atoms with van der Waals surface area (Å²) in [5, 5.41) is 7.01. The molecule has 9 heteroatoms. The fourth-order valence-corrected chi connectivity index (χ4v) is 5.74. The molecular formula is C37H46N6O3. The third-order valence-electron chi connectivity index (χ3n) is 8.22. The maximum Gasteiger partial charge on any atom is 0.277 e. The van der Waals surface area contributed by atoms with Gasteiger partial charge in [0.05, 0.1) is 11.4 Å². The topological polar surface area (TPSA) is 108 Å². The summed E-state index contributed by atoms with van der Waals surface area (Å²) in [7, 11) is 2.12. The van der Waals surface area contributed by atoms with Crippen LogP contribution < -0.4 is 16.0 Å². The van der Waals surface area contributed by atoms with Crippen molar-refractivity contribution in [2.45, 2.75) is 53.8 Å². The van der Waals surface area contributed by atoms with Crippen molar-refractivity contribution in [1.82, 2.24) is 15.0 Å². The normalized spacial score (nSPS) is 13.9. The van der Waals surface area contributed by atoms with Crippen LogP contribution in [0.1, 0.15) is 60.1 Å². The molecule has 1 fully saturated rings. The Bertz CT molecular complexity index is 1670. The van der Waals surface area contributed by atoms with E-state index < -0.39 is 0 Å². The minimum atomic E-state index is -0.315. The zero-order chi connectivity index (χ0) is 32.8. The summed E-state index contributed by atoms with van der Waals surface area (Å²) in [5.74, 6) is 0.377. The van der Waals surface area contributed by atoms with Gasteiger partial charge in [-0.1, -0.05) is 74.5 Å². The first-order valence-electron chi connectivity index (χ1n) is 15.9. The predicted molar refractivity (Wildman–Crippen MR) is 183 cm³/mol. The van der Waals surface area contributed by atoms with Crippen LogP contribution >= 0.6 is 0 Å². The van der Waals surface area contributed by atoms with Crippen molar-refractivity contribution < 1.29 is 14.1 Å². The van der Waals surface area contributed by atoms with Crippen molar-refractivity contribution in [3.63, 3.8) is 0 Å². The van der Waals surface area contributed by atoms with Gasteiger partial charge in [-0.25, -0.2) is 0 Å². The Kier molecular flexibility index (Phi) is 10.2. The highest BCUT2D eigenvalue weighted by Crippen LogP contribution is 2.33. The maximum atomic E-state index is 13.6. The number of hydrogen-bond donors (Lipinski definition) is 2. The Balaban J connectivity index is 1.44. The Morgan fingerprint density at radius 1 is 0.891 bits per heavy atom. The van der Waals surface area contributed by atoms with E-state index in [1.807, 2.05) is 35.2 Å². The van der Waals surface area contributed by atoms with Gasteiger partial charge in [0.15, 0.2) is 5.69 Å². The smallest absolute Gasteiger partial charge is 0.277 e. The van der Waals surface area contributed by atoms with Gasteiger partial charge in [0.1, 0.15) is 5.76 Å². The molecule has 242 valence electrons. The van der Waals surface area contributed by atoms with E-state index >= 15 is 0 Å². The van der Waals surface area contributed by atoms with Crippen LogP contribution in [0.5, 0.6) is 0 Å². The van der Waals surface area contributed by atoms with Crippen LogP contribution in [0, 0.1) is 12.3 Å². The van der Waals surface area contributed by atoms with Crippen LogP contribution in [0.15, 0.2) is 77.3 Å². The second-order valence-electron chi connectivity index (χ2n) is 13.5. The lowest BCUT2D eigenvalue weighted by Gasteiger charge is -2.35. The third-order valence-corrected chi connectivity index (χ3v) is 8.22. The molecule has 1 aliphatic heterocycles. The summed E-state index contributed by atoms with van der Waals surface area (Å²) < 4.78 is 5.15. The van der Waals surface area contributed by atoms with Crippen LogP contribution in [0.3, 0.4) is 0 Å². The molecule has 5 rings (SSSR count). The molecule has 3 aromatic carbocycles. The molecule has 0 radical (unpaired) electrons. The molecule has 0 aliphatic carbocycles. The molecule has 0 spiro atoms. The summed E-state index contributed by atoms with van der Waals surface area (Å²) in [6, 6.07) is 24.3. The minimum absolute atomic E-state index is 0.112. The first-order chi connectivity index (χ1) is 22.0.